The molecule has 0 saturated carbocycles. The summed E-state index contributed by atoms with van der Waals surface area (Å²) < 4.78 is 0. The Morgan fingerprint density at radius 1 is 1.19 bits per heavy atom. The lowest BCUT2D eigenvalue weighted by molar-refractivity contribution is -0.136. The molecular formula is C15H15N3O3. The van der Waals surface area contributed by atoms with Crippen LogP contribution in [-0.4, -0.2) is 22.0 Å². The van der Waals surface area contributed by atoms with Crippen molar-refractivity contribution in [2.75, 3.05) is 5.32 Å². The van der Waals surface area contributed by atoms with Crippen molar-refractivity contribution in [3.8, 4) is 0 Å². The number of carbonyl (C=O) groups excluding carboxylic acids is 1. The molecule has 2 aromatic rings. The first kappa shape index (κ1) is 14.5. The van der Waals surface area contributed by atoms with E-state index in [4.69, 9.17) is 10.8 Å². The van der Waals surface area contributed by atoms with Crippen LogP contribution in [0.15, 0.2) is 42.6 Å². The normalized spacial score (nSPS) is 10.1. The van der Waals surface area contributed by atoms with Crippen molar-refractivity contribution >= 4 is 17.7 Å². The average molecular weight is 285 g/mol. The van der Waals surface area contributed by atoms with E-state index in [9.17, 15) is 9.59 Å². The summed E-state index contributed by atoms with van der Waals surface area (Å²) in [5, 5.41) is 11.9. The molecular weight excluding hydrogens is 270 g/mol. The topological polar surface area (TPSA) is 105 Å². The van der Waals surface area contributed by atoms with Crippen molar-refractivity contribution in [1.82, 2.24) is 4.98 Å². The number of anilines is 1. The molecule has 0 aliphatic carbocycles. The minimum atomic E-state index is -0.878. The summed E-state index contributed by atoms with van der Waals surface area (Å²) in [5.41, 5.74) is 7.18. The Balaban J connectivity index is 2.11. The van der Waals surface area contributed by atoms with E-state index in [0.29, 0.717) is 17.9 Å². The third-order valence-corrected chi connectivity index (χ3v) is 2.96. The first-order valence-electron chi connectivity index (χ1n) is 6.34. The Bertz CT molecular complexity index is 671. The molecule has 4 N–H and O–H groups in total. The fourth-order valence-corrected chi connectivity index (χ4v) is 1.93. The molecule has 1 heterocycles. The number of rotatable bonds is 6. The molecule has 2 rings (SSSR count). The summed E-state index contributed by atoms with van der Waals surface area (Å²) in [6.45, 7) is 0.415. The summed E-state index contributed by atoms with van der Waals surface area (Å²) in [6, 6.07) is 10.4. The van der Waals surface area contributed by atoms with E-state index in [2.05, 4.69) is 10.3 Å². The second kappa shape index (κ2) is 6.51. The van der Waals surface area contributed by atoms with Crippen molar-refractivity contribution in [3.05, 3.63) is 59.3 Å². The van der Waals surface area contributed by atoms with E-state index in [1.54, 1.807) is 18.2 Å². The van der Waals surface area contributed by atoms with Gasteiger partial charge in [0.1, 0.15) is 5.82 Å². The zero-order valence-electron chi connectivity index (χ0n) is 11.2. The van der Waals surface area contributed by atoms with Gasteiger partial charge in [0.2, 0.25) is 5.91 Å². The number of nitrogens with two attached hydrogens (primary N) is 1. The summed E-state index contributed by atoms with van der Waals surface area (Å²) in [5.74, 6) is -0.889. The van der Waals surface area contributed by atoms with E-state index in [-0.39, 0.29) is 6.42 Å². The SMILES string of the molecule is NC(=O)c1ccnc(NCc2ccccc2CC(=O)O)c1. The summed E-state index contributed by atoms with van der Waals surface area (Å²) in [6.07, 6.45) is 1.46. The van der Waals surface area contributed by atoms with Gasteiger partial charge < -0.3 is 16.2 Å². The number of nitrogens with one attached hydrogen (secondary N) is 1. The van der Waals surface area contributed by atoms with Crippen molar-refractivity contribution in [2.45, 2.75) is 13.0 Å². The number of pyridine rings is 1. The molecule has 1 aromatic carbocycles. The molecule has 0 radical (unpaired) electrons. The predicted octanol–water partition coefficient (Wildman–Crippen LogP) is 1.42. The maximum absolute atomic E-state index is 11.1. The highest BCUT2D eigenvalue weighted by Gasteiger charge is 2.07. The molecule has 6 heteroatoms. The van der Waals surface area contributed by atoms with Crippen LogP contribution in [0.1, 0.15) is 21.5 Å². The molecule has 0 spiro atoms. The van der Waals surface area contributed by atoms with Gasteiger partial charge in [0, 0.05) is 18.3 Å². The molecule has 0 unspecified atom stereocenters. The van der Waals surface area contributed by atoms with E-state index < -0.39 is 11.9 Å². The summed E-state index contributed by atoms with van der Waals surface area (Å²) in [7, 11) is 0. The third-order valence-electron chi connectivity index (χ3n) is 2.96. The molecule has 6 nitrogen and oxygen atoms in total. The predicted molar refractivity (Wildman–Crippen MR) is 77.9 cm³/mol. The maximum atomic E-state index is 11.1. The molecule has 0 aliphatic rings. The Hall–Kier alpha value is -2.89. The number of hydrogen-bond donors (Lipinski definition) is 3. The zero-order chi connectivity index (χ0) is 15.2. The quantitative estimate of drug-likeness (QED) is 0.744. The van der Waals surface area contributed by atoms with Crippen LogP contribution in [0.4, 0.5) is 5.82 Å². The highest BCUT2D eigenvalue weighted by atomic mass is 16.4. The highest BCUT2D eigenvalue weighted by Crippen LogP contribution is 2.13. The molecule has 21 heavy (non-hydrogen) atoms. The van der Waals surface area contributed by atoms with Gasteiger partial charge in [0.25, 0.3) is 0 Å². The van der Waals surface area contributed by atoms with Gasteiger partial charge in [-0.05, 0) is 23.3 Å². The number of carboxylic acids is 1. The third kappa shape index (κ3) is 4.04. The van der Waals surface area contributed by atoms with Gasteiger partial charge in [-0.3, -0.25) is 9.59 Å². The molecule has 1 amide bonds. The van der Waals surface area contributed by atoms with Gasteiger partial charge in [0.05, 0.1) is 6.42 Å². The molecule has 108 valence electrons. The molecule has 1 aromatic heterocycles. The van der Waals surface area contributed by atoms with Gasteiger partial charge in [-0.25, -0.2) is 4.98 Å². The Kier molecular flexibility index (Phi) is 4.50. The zero-order valence-corrected chi connectivity index (χ0v) is 11.2. The Labute approximate surface area is 121 Å². The summed E-state index contributed by atoms with van der Waals surface area (Å²) in [4.78, 5) is 26.0. The monoisotopic (exact) mass is 285 g/mol. The van der Waals surface area contributed by atoms with Crippen LogP contribution in [0.2, 0.25) is 0 Å². The van der Waals surface area contributed by atoms with E-state index >= 15 is 0 Å². The van der Waals surface area contributed by atoms with Gasteiger partial charge in [-0.2, -0.15) is 0 Å². The number of carbonyl (C=O) groups is 2. The number of aliphatic carboxylic acids is 1. The van der Waals surface area contributed by atoms with Crippen molar-refractivity contribution in [3.63, 3.8) is 0 Å². The Morgan fingerprint density at radius 3 is 2.57 bits per heavy atom. The van der Waals surface area contributed by atoms with Crippen LogP contribution in [0.25, 0.3) is 0 Å². The molecule has 0 atom stereocenters. The number of benzene rings is 1. The molecule has 0 saturated heterocycles. The number of primary amides is 1. The second-order valence-electron chi connectivity index (χ2n) is 4.49. The van der Waals surface area contributed by atoms with Crippen LogP contribution in [-0.2, 0) is 17.8 Å². The number of nitrogens with zero attached hydrogens (tertiary/aromatic N) is 1. The number of amides is 1. The maximum Gasteiger partial charge on any atom is 0.307 e. The average Bonchev–Trinajstić information content (AvgIpc) is 2.46. The largest absolute Gasteiger partial charge is 0.481 e. The van der Waals surface area contributed by atoms with E-state index in [1.807, 2.05) is 12.1 Å². The Morgan fingerprint density at radius 2 is 1.90 bits per heavy atom. The molecule has 0 bridgehead atoms. The minimum Gasteiger partial charge on any atom is -0.481 e. The lowest BCUT2D eigenvalue weighted by Gasteiger charge is -2.10. The van der Waals surface area contributed by atoms with Gasteiger partial charge >= 0.3 is 5.97 Å². The van der Waals surface area contributed by atoms with Crippen LogP contribution in [0.5, 0.6) is 0 Å². The smallest absolute Gasteiger partial charge is 0.307 e. The van der Waals surface area contributed by atoms with E-state index in [1.165, 1.54) is 12.3 Å². The standard InChI is InChI=1S/C15H15N3O3/c16-15(21)11-5-6-17-13(7-11)18-9-12-4-2-1-3-10(12)8-14(19)20/h1-7H,8-9H2,(H2,16,21)(H,17,18)(H,19,20). The lowest BCUT2D eigenvalue weighted by Crippen LogP contribution is -2.12. The summed E-state index contributed by atoms with van der Waals surface area (Å²) >= 11 is 0. The van der Waals surface area contributed by atoms with Crippen molar-refractivity contribution < 1.29 is 14.7 Å². The fourth-order valence-electron chi connectivity index (χ4n) is 1.93. The van der Waals surface area contributed by atoms with E-state index in [0.717, 1.165) is 11.1 Å². The lowest BCUT2D eigenvalue weighted by atomic mass is 10.0. The minimum absolute atomic E-state index is 0.0351. The second-order valence-corrected chi connectivity index (χ2v) is 4.49. The van der Waals surface area contributed by atoms with Crippen LogP contribution < -0.4 is 11.1 Å². The molecule has 0 aliphatic heterocycles. The first-order valence-corrected chi connectivity index (χ1v) is 6.34. The number of carboxylic acid groups (broad SMARTS) is 1. The van der Waals surface area contributed by atoms with Crippen LogP contribution in [0.3, 0.4) is 0 Å². The van der Waals surface area contributed by atoms with Crippen molar-refractivity contribution in [1.29, 1.82) is 0 Å². The highest BCUT2D eigenvalue weighted by molar-refractivity contribution is 5.93. The number of hydrogen-bond acceptors (Lipinski definition) is 4. The first-order chi connectivity index (χ1) is 10.1. The number of aromatic nitrogens is 1. The van der Waals surface area contributed by atoms with Gasteiger partial charge in [-0.15, -0.1) is 0 Å². The fraction of sp³-hybridized carbons (Fsp3) is 0.133. The van der Waals surface area contributed by atoms with Gasteiger partial charge in [-0.1, -0.05) is 24.3 Å². The van der Waals surface area contributed by atoms with Crippen molar-refractivity contribution in [2.24, 2.45) is 5.73 Å². The van der Waals surface area contributed by atoms with Crippen LogP contribution in [0, 0.1) is 0 Å². The van der Waals surface area contributed by atoms with Gasteiger partial charge in [0.15, 0.2) is 0 Å². The van der Waals surface area contributed by atoms with Crippen LogP contribution >= 0.6 is 0 Å². The molecule has 0 fully saturated rings.